The summed E-state index contributed by atoms with van der Waals surface area (Å²) in [4.78, 5) is 29.1. The number of nitriles is 1. The maximum absolute atomic E-state index is 12.2. The van der Waals surface area contributed by atoms with Crippen molar-refractivity contribution in [3.05, 3.63) is 56.5 Å². The van der Waals surface area contributed by atoms with Crippen LogP contribution >= 0.6 is 0 Å². The van der Waals surface area contributed by atoms with E-state index in [1.165, 1.54) is 18.7 Å². The lowest BCUT2D eigenvalue weighted by Crippen LogP contribution is -2.40. The molecule has 0 radical (unpaired) electrons. The molecule has 8 heteroatoms. The predicted molar refractivity (Wildman–Crippen MR) is 99.1 cm³/mol. The summed E-state index contributed by atoms with van der Waals surface area (Å²) in [7, 11) is 2.88. The lowest BCUT2D eigenvalue weighted by atomic mass is 10.2. The van der Waals surface area contributed by atoms with Crippen LogP contribution in [0.2, 0.25) is 0 Å². The molecule has 0 bridgehead atoms. The minimum atomic E-state index is -0.616. The molecule has 3 rings (SSSR count). The van der Waals surface area contributed by atoms with Crippen LogP contribution in [-0.2, 0) is 20.6 Å². The zero-order valence-electron chi connectivity index (χ0n) is 15.1. The van der Waals surface area contributed by atoms with E-state index in [0.29, 0.717) is 0 Å². The fourth-order valence-electron chi connectivity index (χ4n) is 3.14. The van der Waals surface area contributed by atoms with Gasteiger partial charge in [-0.05, 0) is 26.0 Å². The molecule has 1 atom stereocenters. The lowest BCUT2D eigenvalue weighted by molar-refractivity contribution is 0.649. The fourth-order valence-corrected chi connectivity index (χ4v) is 3.14. The minimum Gasteiger partial charge on any atom is -0.360 e. The third-order valence-electron chi connectivity index (χ3n) is 4.52. The highest BCUT2D eigenvalue weighted by atomic mass is 16.2. The molecule has 0 aliphatic rings. The number of fused-ring (bicyclic) bond motifs is 1. The van der Waals surface area contributed by atoms with Gasteiger partial charge < -0.3 is 9.88 Å². The molecule has 2 heterocycles. The molecule has 3 aromatic rings. The molecule has 8 nitrogen and oxygen atoms in total. The summed E-state index contributed by atoms with van der Waals surface area (Å²) in [5.41, 5.74) is 0.677. The molecule has 0 spiro atoms. The highest BCUT2D eigenvalue weighted by Crippen LogP contribution is 2.23. The SMILES string of the molecule is CCn1c(C(C)Nc2c(C#N)c(=O)n(C)c(=O)n2C)nc2ccccc21. The van der Waals surface area contributed by atoms with Gasteiger partial charge in [0, 0.05) is 20.6 Å². The number of aromatic nitrogens is 4. The van der Waals surface area contributed by atoms with E-state index in [2.05, 4.69) is 14.9 Å². The number of nitrogens with zero attached hydrogens (tertiary/aromatic N) is 5. The van der Waals surface area contributed by atoms with Gasteiger partial charge in [0.25, 0.3) is 5.56 Å². The van der Waals surface area contributed by atoms with Gasteiger partial charge in [-0.25, -0.2) is 9.78 Å². The number of nitrogens with one attached hydrogen (secondary N) is 1. The number of hydrogen-bond acceptors (Lipinski definition) is 5. The molecule has 134 valence electrons. The summed E-state index contributed by atoms with van der Waals surface area (Å²) < 4.78 is 4.27. The van der Waals surface area contributed by atoms with Gasteiger partial charge in [-0.15, -0.1) is 0 Å². The van der Waals surface area contributed by atoms with E-state index in [1.807, 2.05) is 44.2 Å². The average Bonchev–Trinajstić information content (AvgIpc) is 3.03. The summed E-state index contributed by atoms with van der Waals surface area (Å²) in [6.45, 7) is 4.64. The zero-order chi connectivity index (χ0) is 19.0. The molecule has 0 aliphatic carbocycles. The van der Waals surface area contributed by atoms with Crippen LogP contribution in [0.4, 0.5) is 5.82 Å². The second-order valence-corrected chi connectivity index (χ2v) is 6.11. The Morgan fingerprint density at radius 2 is 1.92 bits per heavy atom. The number of imidazole rings is 1. The molecular formula is C18H20N6O2. The van der Waals surface area contributed by atoms with Crippen molar-refractivity contribution in [2.45, 2.75) is 26.4 Å². The van der Waals surface area contributed by atoms with Crippen molar-refractivity contribution in [2.75, 3.05) is 5.32 Å². The molecule has 2 aromatic heterocycles. The van der Waals surface area contributed by atoms with Crippen molar-refractivity contribution in [1.82, 2.24) is 18.7 Å². The summed E-state index contributed by atoms with van der Waals surface area (Å²) in [5, 5.41) is 12.5. The maximum Gasteiger partial charge on any atom is 0.332 e. The molecule has 0 saturated carbocycles. The molecule has 26 heavy (non-hydrogen) atoms. The third kappa shape index (κ3) is 2.58. The minimum absolute atomic E-state index is 0.0967. The van der Waals surface area contributed by atoms with Crippen LogP contribution in [0.15, 0.2) is 33.9 Å². The van der Waals surface area contributed by atoms with Crippen molar-refractivity contribution >= 4 is 16.9 Å². The topological polar surface area (TPSA) is 97.6 Å². The maximum atomic E-state index is 12.2. The standard InChI is InChI=1S/C18H20N6O2/c1-5-24-14-9-7-6-8-13(14)21-15(24)11(2)20-16-12(10-19)17(25)23(4)18(26)22(16)3/h6-9,11,20H,5H2,1-4H3. The van der Waals surface area contributed by atoms with Crippen LogP contribution in [0.1, 0.15) is 31.3 Å². The van der Waals surface area contributed by atoms with Gasteiger partial charge in [0.15, 0.2) is 5.56 Å². The summed E-state index contributed by atoms with van der Waals surface area (Å²) >= 11 is 0. The Kier molecular flexibility index (Phi) is 4.38. The van der Waals surface area contributed by atoms with Crippen LogP contribution in [-0.4, -0.2) is 18.7 Å². The van der Waals surface area contributed by atoms with Gasteiger partial charge in [0.1, 0.15) is 17.7 Å². The molecule has 0 saturated heterocycles. The Morgan fingerprint density at radius 1 is 1.23 bits per heavy atom. The molecular weight excluding hydrogens is 332 g/mol. The van der Waals surface area contributed by atoms with E-state index in [9.17, 15) is 14.9 Å². The van der Waals surface area contributed by atoms with Crippen LogP contribution in [0.3, 0.4) is 0 Å². The van der Waals surface area contributed by atoms with E-state index >= 15 is 0 Å². The second kappa shape index (κ2) is 6.52. The molecule has 1 aromatic carbocycles. The predicted octanol–water partition coefficient (Wildman–Crippen LogP) is 1.50. The van der Waals surface area contributed by atoms with Crippen LogP contribution < -0.4 is 16.6 Å². The third-order valence-corrected chi connectivity index (χ3v) is 4.52. The van der Waals surface area contributed by atoms with Gasteiger partial charge in [-0.3, -0.25) is 13.9 Å². The van der Waals surface area contributed by atoms with Gasteiger partial charge in [-0.1, -0.05) is 12.1 Å². The quantitative estimate of drug-likeness (QED) is 0.767. The molecule has 1 unspecified atom stereocenters. The Morgan fingerprint density at radius 3 is 2.58 bits per heavy atom. The van der Waals surface area contributed by atoms with E-state index in [-0.39, 0.29) is 17.4 Å². The largest absolute Gasteiger partial charge is 0.360 e. The normalized spacial score (nSPS) is 12.1. The van der Waals surface area contributed by atoms with Crippen molar-refractivity contribution in [3.8, 4) is 6.07 Å². The van der Waals surface area contributed by atoms with Gasteiger partial charge in [0.05, 0.1) is 17.1 Å². The molecule has 0 amide bonds. The van der Waals surface area contributed by atoms with E-state index in [4.69, 9.17) is 0 Å². The molecule has 0 fully saturated rings. The second-order valence-electron chi connectivity index (χ2n) is 6.11. The summed E-state index contributed by atoms with van der Waals surface area (Å²) in [5.74, 6) is 0.966. The number of aryl methyl sites for hydroxylation is 1. The smallest absolute Gasteiger partial charge is 0.332 e. The van der Waals surface area contributed by atoms with Gasteiger partial charge >= 0.3 is 5.69 Å². The van der Waals surface area contributed by atoms with Crippen LogP contribution in [0, 0.1) is 11.3 Å². The van der Waals surface area contributed by atoms with E-state index in [1.54, 1.807) is 0 Å². The first-order valence-electron chi connectivity index (χ1n) is 8.32. The van der Waals surface area contributed by atoms with Crippen LogP contribution in [0.5, 0.6) is 0 Å². The Balaban J connectivity index is 2.13. The van der Waals surface area contributed by atoms with Crippen molar-refractivity contribution in [3.63, 3.8) is 0 Å². The van der Waals surface area contributed by atoms with Crippen molar-refractivity contribution < 1.29 is 0 Å². The van der Waals surface area contributed by atoms with Gasteiger partial charge in [-0.2, -0.15) is 5.26 Å². The number of para-hydroxylation sites is 2. The fraction of sp³-hybridized carbons (Fsp3) is 0.333. The van der Waals surface area contributed by atoms with E-state index in [0.717, 1.165) is 28.0 Å². The number of hydrogen-bond donors (Lipinski definition) is 1. The average molecular weight is 352 g/mol. The summed E-state index contributed by atoms with van der Waals surface area (Å²) in [6, 6.07) is 9.40. The first-order chi connectivity index (χ1) is 12.4. The lowest BCUT2D eigenvalue weighted by Gasteiger charge is -2.19. The highest BCUT2D eigenvalue weighted by Gasteiger charge is 2.21. The first-order valence-corrected chi connectivity index (χ1v) is 8.32. The Bertz CT molecular complexity index is 1150. The zero-order valence-corrected chi connectivity index (χ0v) is 15.1. The Labute approximate surface area is 149 Å². The Hall–Kier alpha value is -3.34. The van der Waals surface area contributed by atoms with Crippen LogP contribution in [0.25, 0.3) is 11.0 Å². The monoisotopic (exact) mass is 352 g/mol. The van der Waals surface area contributed by atoms with E-state index < -0.39 is 11.2 Å². The number of benzene rings is 1. The van der Waals surface area contributed by atoms with Crippen molar-refractivity contribution in [2.24, 2.45) is 14.1 Å². The van der Waals surface area contributed by atoms with Crippen molar-refractivity contribution in [1.29, 1.82) is 5.26 Å². The van der Waals surface area contributed by atoms with Gasteiger partial charge in [0.2, 0.25) is 0 Å². The number of anilines is 1. The molecule has 0 aliphatic heterocycles. The first kappa shape index (κ1) is 17.5. The highest BCUT2D eigenvalue weighted by molar-refractivity contribution is 5.76. The molecule has 1 N–H and O–H groups in total. The summed E-state index contributed by atoms with van der Waals surface area (Å²) in [6.07, 6.45) is 0. The number of rotatable bonds is 4.